The van der Waals surface area contributed by atoms with Crippen LogP contribution in [0.15, 0.2) is 81.1 Å². The van der Waals surface area contributed by atoms with Gasteiger partial charge < -0.3 is 9.47 Å². The Labute approximate surface area is 187 Å². The topological polar surface area (TPSA) is 65.7 Å². The highest BCUT2D eigenvalue weighted by Gasteiger charge is 2.13. The molecule has 0 saturated carbocycles. The van der Waals surface area contributed by atoms with Crippen molar-refractivity contribution < 1.29 is 9.47 Å². The fraction of sp³-hybridized carbons (Fsp3) is 0.125. The Kier molecular flexibility index (Phi) is 6.13. The molecule has 0 fully saturated rings. The minimum Gasteiger partial charge on any atom is -0.492 e. The van der Waals surface area contributed by atoms with E-state index < -0.39 is 0 Å². The van der Waals surface area contributed by atoms with Crippen LogP contribution >= 0.6 is 15.9 Å². The van der Waals surface area contributed by atoms with Crippen molar-refractivity contribution in [3.63, 3.8) is 0 Å². The van der Waals surface area contributed by atoms with Crippen molar-refractivity contribution in [1.29, 1.82) is 0 Å². The molecule has 4 aromatic rings. The molecule has 4 rings (SSSR count). The van der Waals surface area contributed by atoms with Crippen LogP contribution in [0, 0.1) is 0 Å². The van der Waals surface area contributed by atoms with Crippen LogP contribution in [0.1, 0.15) is 12.5 Å². The van der Waals surface area contributed by atoms with Crippen LogP contribution in [-0.2, 0) is 0 Å². The number of hydrogen-bond acceptors (Lipinski definition) is 5. The highest BCUT2D eigenvalue weighted by atomic mass is 79.9. The summed E-state index contributed by atoms with van der Waals surface area (Å²) < 4.78 is 13.1. The molecule has 0 saturated heterocycles. The monoisotopic (exact) mass is 477 g/mol. The summed E-state index contributed by atoms with van der Waals surface area (Å²) >= 11 is 3.51. The normalized spacial score (nSPS) is 11.2. The summed E-state index contributed by atoms with van der Waals surface area (Å²) in [5.41, 5.74) is 1.94. The number of methoxy groups -OCH3 is 1. The van der Waals surface area contributed by atoms with Crippen LogP contribution in [0.4, 0.5) is 0 Å². The number of halogens is 1. The molecule has 6 nitrogen and oxygen atoms in total. The maximum Gasteiger partial charge on any atom is 0.282 e. The maximum atomic E-state index is 13.2. The number of fused-ring (bicyclic) bond motifs is 1. The minimum absolute atomic E-state index is 0.238. The Morgan fingerprint density at radius 3 is 2.58 bits per heavy atom. The fourth-order valence-electron chi connectivity index (χ4n) is 3.25. The Hall–Kier alpha value is -3.45. The van der Waals surface area contributed by atoms with Gasteiger partial charge in [-0.05, 0) is 52.7 Å². The van der Waals surface area contributed by atoms with E-state index in [9.17, 15) is 4.79 Å². The number of para-hydroxylation sites is 1. The first kappa shape index (κ1) is 20.8. The van der Waals surface area contributed by atoms with Crippen molar-refractivity contribution >= 4 is 33.0 Å². The van der Waals surface area contributed by atoms with Gasteiger partial charge in [-0.15, -0.1) is 0 Å². The van der Waals surface area contributed by atoms with E-state index in [4.69, 9.17) is 14.5 Å². The maximum absolute atomic E-state index is 13.2. The standard InChI is InChI=1S/C24H20BrN3O3/c1-3-31-21-14-16(13-19(25)22(21)30-2)15-26-28-23(17-9-5-4-6-10-17)27-20-12-8-7-11-18(20)24(28)29/h4-15H,3H2,1-2H3. The minimum atomic E-state index is -0.238. The summed E-state index contributed by atoms with van der Waals surface area (Å²) in [5, 5.41) is 5.00. The summed E-state index contributed by atoms with van der Waals surface area (Å²) in [6.45, 7) is 2.40. The van der Waals surface area contributed by atoms with Crippen molar-refractivity contribution in [2.24, 2.45) is 5.10 Å². The summed E-state index contributed by atoms with van der Waals surface area (Å²) in [6.07, 6.45) is 1.61. The Morgan fingerprint density at radius 1 is 1.10 bits per heavy atom. The van der Waals surface area contributed by atoms with E-state index in [1.807, 2.05) is 67.6 Å². The molecular weight excluding hydrogens is 458 g/mol. The molecular formula is C24H20BrN3O3. The van der Waals surface area contributed by atoms with Crippen molar-refractivity contribution in [3.8, 4) is 22.9 Å². The predicted octanol–water partition coefficient (Wildman–Crippen LogP) is 5.12. The average molecular weight is 478 g/mol. The SMILES string of the molecule is CCOc1cc(C=Nn2c(-c3ccccc3)nc3ccccc3c2=O)cc(Br)c1OC. The highest BCUT2D eigenvalue weighted by molar-refractivity contribution is 9.10. The molecule has 0 bridgehead atoms. The fourth-order valence-corrected chi connectivity index (χ4v) is 3.87. The molecule has 156 valence electrons. The van der Waals surface area contributed by atoms with E-state index in [1.54, 1.807) is 19.4 Å². The molecule has 31 heavy (non-hydrogen) atoms. The lowest BCUT2D eigenvalue weighted by molar-refractivity contribution is 0.310. The average Bonchev–Trinajstić information content (AvgIpc) is 2.79. The number of ether oxygens (including phenoxy) is 2. The van der Waals surface area contributed by atoms with E-state index in [-0.39, 0.29) is 5.56 Å². The van der Waals surface area contributed by atoms with Gasteiger partial charge in [-0.3, -0.25) is 4.79 Å². The van der Waals surface area contributed by atoms with Gasteiger partial charge in [0.15, 0.2) is 17.3 Å². The van der Waals surface area contributed by atoms with Crippen molar-refractivity contribution in [1.82, 2.24) is 9.66 Å². The van der Waals surface area contributed by atoms with Crippen molar-refractivity contribution in [2.45, 2.75) is 6.92 Å². The Balaban J connectivity index is 1.88. The largest absolute Gasteiger partial charge is 0.492 e. The third-order valence-electron chi connectivity index (χ3n) is 4.64. The molecule has 0 spiro atoms. The molecule has 0 unspecified atom stereocenters. The Morgan fingerprint density at radius 2 is 1.84 bits per heavy atom. The van der Waals surface area contributed by atoms with Crippen LogP contribution in [-0.4, -0.2) is 29.6 Å². The van der Waals surface area contributed by atoms with E-state index in [1.165, 1.54) is 4.68 Å². The smallest absolute Gasteiger partial charge is 0.282 e. The molecule has 0 amide bonds. The van der Waals surface area contributed by atoms with Crippen LogP contribution in [0.2, 0.25) is 0 Å². The second kappa shape index (κ2) is 9.14. The second-order valence-corrected chi connectivity index (χ2v) is 7.50. The zero-order valence-electron chi connectivity index (χ0n) is 17.1. The summed E-state index contributed by atoms with van der Waals surface area (Å²) in [4.78, 5) is 17.9. The van der Waals surface area contributed by atoms with Crippen LogP contribution in [0.3, 0.4) is 0 Å². The van der Waals surface area contributed by atoms with Gasteiger partial charge in [0.25, 0.3) is 5.56 Å². The van der Waals surface area contributed by atoms with Gasteiger partial charge in [0.2, 0.25) is 0 Å². The van der Waals surface area contributed by atoms with E-state index in [2.05, 4.69) is 21.0 Å². The summed E-state index contributed by atoms with van der Waals surface area (Å²) in [7, 11) is 1.59. The molecule has 1 heterocycles. The number of rotatable bonds is 6. The number of nitrogens with zero attached hydrogens (tertiary/aromatic N) is 3. The van der Waals surface area contributed by atoms with Gasteiger partial charge >= 0.3 is 0 Å². The lowest BCUT2D eigenvalue weighted by Crippen LogP contribution is -2.20. The lowest BCUT2D eigenvalue weighted by atomic mass is 10.2. The predicted molar refractivity (Wildman–Crippen MR) is 126 cm³/mol. The van der Waals surface area contributed by atoms with Crippen molar-refractivity contribution in [3.05, 3.63) is 87.1 Å². The molecule has 3 aromatic carbocycles. The molecule has 0 aliphatic heterocycles. The molecule has 0 N–H and O–H groups in total. The first-order valence-corrected chi connectivity index (χ1v) is 10.5. The van der Waals surface area contributed by atoms with Gasteiger partial charge in [0.05, 0.1) is 35.3 Å². The van der Waals surface area contributed by atoms with E-state index in [0.29, 0.717) is 34.8 Å². The molecule has 0 aliphatic rings. The highest BCUT2D eigenvalue weighted by Crippen LogP contribution is 2.36. The third kappa shape index (κ3) is 4.22. The van der Waals surface area contributed by atoms with Gasteiger partial charge in [0, 0.05) is 5.56 Å². The molecule has 0 aliphatic carbocycles. The number of aromatic nitrogens is 2. The van der Waals surface area contributed by atoms with Crippen molar-refractivity contribution in [2.75, 3.05) is 13.7 Å². The van der Waals surface area contributed by atoms with Gasteiger partial charge in [-0.1, -0.05) is 42.5 Å². The molecule has 0 atom stereocenters. The van der Waals surface area contributed by atoms with Gasteiger partial charge in [0.1, 0.15) is 0 Å². The van der Waals surface area contributed by atoms with Gasteiger partial charge in [-0.25, -0.2) is 4.98 Å². The first-order chi connectivity index (χ1) is 15.1. The summed E-state index contributed by atoms with van der Waals surface area (Å²) in [6, 6.07) is 20.5. The van der Waals surface area contributed by atoms with Crippen LogP contribution in [0.25, 0.3) is 22.3 Å². The molecule has 7 heteroatoms. The molecule has 1 aromatic heterocycles. The second-order valence-electron chi connectivity index (χ2n) is 6.65. The molecule has 0 radical (unpaired) electrons. The Bertz CT molecular complexity index is 1320. The number of hydrogen-bond donors (Lipinski definition) is 0. The van der Waals surface area contributed by atoms with Crippen LogP contribution in [0.5, 0.6) is 11.5 Å². The van der Waals surface area contributed by atoms with Crippen LogP contribution < -0.4 is 15.0 Å². The lowest BCUT2D eigenvalue weighted by Gasteiger charge is -2.12. The summed E-state index contributed by atoms with van der Waals surface area (Å²) in [5.74, 6) is 1.67. The van der Waals surface area contributed by atoms with E-state index in [0.717, 1.165) is 15.6 Å². The third-order valence-corrected chi connectivity index (χ3v) is 5.23. The number of benzene rings is 3. The van der Waals surface area contributed by atoms with Gasteiger partial charge in [-0.2, -0.15) is 9.78 Å². The quantitative estimate of drug-likeness (QED) is 0.361. The first-order valence-electron chi connectivity index (χ1n) is 9.74. The zero-order valence-corrected chi connectivity index (χ0v) is 18.7. The van der Waals surface area contributed by atoms with E-state index >= 15 is 0 Å². The zero-order chi connectivity index (χ0) is 21.8.